The maximum atomic E-state index is 12.3. The van der Waals surface area contributed by atoms with Gasteiger partial charge in [-0.15, -0.1) is 0 Å². The van der Waals surface area contributed by atoms with Crippen LogP contribution in [0.3, 0.4) is 0 Å². The van der Waals surface area contributed by atoms with Crippen LogP contribution in [0.4, 0.5) is 0 Å². The minimum Gasteiger partial charge on any atom is -0.384 e. The molecule has 1 aliphatic rings. The second-order valence-electron chi connectivity index (χ2n) is 5.57. The Bertz CT molecular complexity index is 524. The zero-order valence-corrected chi connectivity index (χ0v) is 12.6. The SMILES string of the molecule is CCC1CCCCC1NC(=O)c1ccc(C#CCO)cc1. The van der Waals surface area contributed by atoms with Gasteiger partial charge >= 0.3 is 0 Å². The third kappa shape index (κ3) is 4.34. The Labute approximate surface area is 126 Å². The lowest BCUT2D eigenvalue weighted by Gasteiger charge is -2.31. The Hall–Kier alpha value is -1.79. The number of aliphatic hydroxyl groups excluding tert-OH is 1. The van der Waals surface area contributed by atoms with Crippen LogP contribution in [0.15, 0.2) is 24.3 Å². The third-order valence-corrected chi connectivity index (χ3v) is 4.21. The van der Waals surface area contributed by atoms with Gasteiger partial charge in [0, 0.05) is 17.2 Å². The molecule has 0 heterocycles. The van der Waals surface area contributed by atoms with Crippen LogP contribution < -0.4 is 5.32 Å². The van der Waals surface area contributed by atoms with Crippen LogP contribution in [-0.2, 0) is 0 Å². The van der Waals surface area contributed by atoms with E-state index in [9.17, 15) is 4.79 Å². The number of aliphatic hydroxyl groups is 1. The average molecular weight is 285 g/mol. The molecule has 1 amide bonds. The molecule has 0 aliphatic heterocycles. The van der Waals surface area contributed by atoms with Gasteiger partial charge in [0.05, 0.1) is 0 Å². The van der Waals surface area contributed by atoms with Crippen LogP contribution in [-0.4, -0.2) is 23.7 Å². The van der Waals surface area contributed by atoms with Crippen LogP contribution in [0.1, 0.15) is 54.9 Å². The van der Waals surface area contributed by atoms with Crippen molar-refractivity contribution in [2.24, 2.45) is 5.92 Å². The Morgan fingerprint density at radius 3 is 2.67 bits per heavy atom. The van der Waals surface area contributed by atoms with E-state index in [0.717, 1.165) is 18.4 Å². The first kappa shape index (κ1) is 15.6. The van der Waals surface area contributed by atoms with Gasteiger partial charge in [0.2, 0.25) is 0 Å². The zero-order chi connectivity index (χ0) is 15.1. The van der Waals surface area contributed by atoms with Crippen LogP contribution in [0.25, 0.3) is 0 Å². The highest BCUT2D eigenvalue weighted by Gasteiger charge is 2.25. The zero-order valence-electron chi connectivity index (χ0n) is 12.6. The molecule has 0 spiro atoms. The van der Waals surface area contributed by atoms with E-state index < -0.39 is 0 Å². The van der Waals surface area contributed by atoms with Gasteiger partial charge in [0.1, 0.15) is 6.61 Å². The molecule has 112 valence electrons. The van der Waals surface area contributed by atoms with E-state index in [4.69, 9.17) is 5.11 Å². The molecule has 1 aromatic carbocycles. The summed E-state index contributed by atoms with van der Waals surface area (Å²) < 4.78 is 0. The molecule has 3 nitrogen and oxygen atoms in total. The summed E-state index contributed by atoms with van der Waals surface area (Å²) in [5.41, 5.74) is 1.48. The lowest BCUT2D eigenvalue weighted by Crippen LogP contribution is -2.41. The van der Waals surface area contributed by atoms with Gasteiger partial charge in [-0.25, -0.2) is 0 Å². The number of carbonyl (C=O) groups is 1. The summed E-state index contributed by atoms with van der Waals surface area (Å²) in [6.45, 7) is 2.05. The first-order valence-corrected chi connectivity index (χ1v) is 7.75. The largest absolute Gasteiger partial charge is 0.384 e. The number of benzene rings is 1. The number of rotatable bonds is 3. The summed E-state index contributed by atoms with van der Waals surface area (Å²) in [6.07, 6.45) is 5.92. The number of carbonyl (C=O) groups excluding carboxylic acids is 1. The second kappa shape index (κ2) is 7.85. The summed E-state index contributed by atoms with van der Waals surface area (Å²) in [5, 5.41) is 11.8. The van der Waals surface area contributed by atoms with Crippen molar-refractivity contribution in [2.75, 3.05) is 6.61 Å². The lowest BCUT2D eigenvalue weighted by atomic mass is 9.83. The van der Waals surface area contributed by atoms with E-state index >= 15 is 0 Å². The van der Waals surface area contributed by atoms with E-state index in [2.05, 4.69) is 24.1 Å². The van der Waals surface area contributed by atoms with Crippen molar-refractivity contribution in [2.45, 2.75) is 45.1 Å². The summed E-state index contributed by atoms with van der Waals surface area (Å²) >= 11 is 0. The smallest absolute Gasteiger partial charge is 0.251 e. The molecule has 0 radical (unpaired) electrons. The first-order valence-electron chi connectivity index (χ1n) is 7.75. The fourth-order valence-corrected chi connectivity index (χ4v) is 2.98. The van der Waals surface area contributed by atoms with Gasteiger partial charge in [-0.2, -0.15) is 0 Å². The van der Waals surface area contributed by atoms with Gasteiger partial charge < -0.3 is 10.4 Å². The average Bonchev–Trinajstić information content (AvgIpc) is 2.54. The lowest BCUT2D eigenvalue weighted by molar-refractivity contribution is 0.0904. The minimum atomic E-state index is -0.150. The van der Waals surface area contributed by atoms with Crippen LogP contribution in [0, 0.1) is 17.8 Å². The molecule has 21 heavy (non-hydrogen) atoms. The summed E-state index contributed by atoms with van der Waals surface area (Å²) in [7, 11) is 0. The summed E-state index contributed by atoms with van der Waals surface area (Å²) in [6, 6.07) is 7.53. The molecule has 1 aromatic rings. The van der Waals surface area contributed by atoms with E-state index in [1.165, 1.54) is 19.3 Å². The molecule has 1 saturated carbocycles. The summed E-state index contributed by atoms with van der Waals surface area (Å²) in [4.78, 5) is 12.3. The highest BCUT2D eigenvalue weighted by molar-refractivity contribution is 5.94. The predicted octanol–water partition coefficient (Wildman–Crippen LogP) is 2.73. The normalized spacial score (nSPS) is 21.2. The Morgan fingerprint density at radius 1 is 1.29 bits per heavy atom. The van der Waals surface area contributed by atoms with E-state index in [1.807, 2.05) is 12.1 Å². The third-order valence-electron chi connectivity index (χ3n) is 4.21. The van der Waals surface area contributed by atoms with E-state index in [1.54, 1.807) is 12.1 Å². The molecular formula is C18H23NO2. The molecular weight excluding hydrogens is 262 g/mol. The Balaban J connectivity index is 1.99. The van der Waals surface area contributed by atoms with E-state index in [0.29, 0.717) is 17.5 Å². The molecule has 2 N–H and O–H groups in total. The van der Waals surface area contributed by atoms with Crippen molar-refractivity contribution in [1.82, 2.24) is 5.32 Å². The highest BCUT2D eigenvalue weighted by Crippen LogP contribution is 2.27. The first-order chi connectivity index (χ1) is 10.2. The number of nitrogens with one attached hydrogen (secondary N) is 1. The monoisotopic (exact) mass is 285 g/mol. The molecule has 1 fully saturated rings. The summed E-state index contributed by atoms with van der Waals surface area (Å²) in [5.74, 6) is 6.03. The fourth-order valence-electron chi connectivity index (χ4n) is 2.98. The molecule has 0 saturated heterocycles. The van der Waals surface area contributed by atoms with Crippen molar-refractivity contribution in [3.05, 3.63) is 35.4 Å². The van der Waals surface area contributed by atoms with Crippen LogP contribution in [0.2, 0.25) is 0 Å². The van der Waals surface area contributed by atoms with Crippen molar-refractivity contribution >= 4 is 5.91 Å². The molecule has 2 rings (SSSR count). The van der Waals surface area contributed by atoms with Gasteiger partial charge in [0.25, 0.3) is 5.91 Å². The number of hydrogen-bond acceptors (Lipinski definition) is 2. The predicted molar refractivity (Wildman–Crippen MR) is 83.9 cm³/mol. The van der Waals surface area contributed by atoms with Crippen molar-refractivity contribution in [3.8, 4) is 11.8 Å². The van der Waals surface area contributed by atoms with Gasteiger partial charge in [-0.05, 0) is 43.0 Å². The molecule has 3 heteroatoms. The Kier molecular flexibility index (Phi) is 5.83. The van der Waals surface area contributed by atoms with E-state index in [-0.39, 0.29) is 12.5 Å². The van der Waals surface area contributed by atoms with Crippen molar-refractivity contribution in [3.63, 3.8) is 0 Å². The van der Waals surface area contributed by atoms with Gasteiger partial charge in [-0.1, -0.05) is 38.0 Å². The molecule has 2 atom stereocenters. The highest BCUT2D eigenvalue weighted by atomic mass is 16.2. The minimum absolute atomic E-state index is 0.00187. The number of amides is 1. The molecule has 1 aliphatic carbocycles. The van der Waals surface area contributed by atoms with Crippen molar-refractivity contribution in [1.29, 1.82) is 0 Å². The number of hydrogen-bond donors (Lipinski definition) is 2. The quantitative estimate of drug-likeness (QED) is 0.839. The van der Waals surface area contributed by atoms with Crippen LogP contribution >= 0.6 is 0 Å². The molecule has 0 bridgehead atoms. The maximum Gasteiger partial charge on any atom is 0.251 e. The fraction of sp³-hybridized carbons (Fsp3) is 0.500. The second-order valence-corrected chi connectivity index (χ2v) is 5.57. The standard InChI is InChI=1S/C18H23NO2/c1-2-15-7-3-4-8-17(15)19-18(21)16-11-9-14(10-12-16)6-5-13-20/h9-12,15,17,20H,2-4,7-8,13H2,1H3,(H,19,21). The molecule has 2 unspecified atom stereocenters. The Morgan fingerprint density at radius 2 is 2.00 bits per heavy atom. The maximum absolute atomic E-state index is 12.3. The topological polar surface area (TPSA) is 49.3 Å². The van der Waals surface area contributed by atoms with Gasteiger partial charge in [0.15, 0.2) is 0 Å². The molecule has 0 aromatic heterocycles. The van der Waals surface area contributed by atoms with Gasteiger partial charge in [-0.3, -0.25) is 4.79 Å². The van der Waals surface area contributed by atoms with Crippen LogP contribution in [0.5, 0.6) is 0 Å². The van der Waals surface area contributed by atoms with Crippen molar-refractivity contribution < 1.29 is 9.90 Å².